The minimum atomic E-state index is -0.115. The van der Waals surface area contributed by atoms with Gasteiger partial charge in [0.05, 0.1) is 13.2 Å². The van der Waals surface area contributed by atoms with Crippen molar-refractivity contribution in [3.8, 4) is 5.75 Å². The number of tetrazole rings is 1. The fourth-order valence-corrected chi connectivity index (χ4v) is 2.44. The first kappa shape index (κ1) is 15.0. The van der Waals surface area contributed by atoms with E-state index < -0.39 is 0 Å². The second-order valence-electron chi connectivity index (χ2n) is 4.98. The van der Waals surface area contributed by atoms with Crippen molar-refractivity contribution in [3.63, 3.8) is 0 Å². The molecule has 0 saturated heterocycles. The van der Waals surface area contributed by atoms with E-state index in [0.29, 0.717) is 31.2 Å². The van der Waals surface area contributed by atoms with E-state index in [1.165, 1.54) is 0 Å². The van der Waals surface area contributed by atoms with Crippen molar-refractivity contribution in [3.05, 3.63) is 35.8 Å². The Bertz CT molecular complexity index is 796. The third-order valence-corrected chi connectivity index (χ3v) is 3.54. The molecule has 0 aliphatic heterocycles. The van der Waals surface area contributed by atoms with Crippen LogP contribution in [0.3, 0.4) is 0 Å². The van der Waals surface area contributed by atoms with Crippen LogP contribution in [0.15, 0.2) is 24.3 Å². The second-order valence-corrected chi connectivity index (χ2v) is 4.98. The van der Waals surface area contributed by atoms with Crippen LogP contribution in [-0.2, 0) is 6.54 Å². The van der Waals surface area contributed by atoms with Crippen molar-refractivity contribution in [2.24, 2.45) is 0 Å². The number of rotatable bonds is 6. The van der Waals surface area contributed by atoms with Crippen LogP contribution in [0.5, 0.6) is 5.75 Å². The lowest BCUT2D eigenvalue weighted by molar-refractivity contribution is 0.0743. The molecule has 2 aromatic heterocycles. The molecular weight excluding hydrogens is 296 g/mol. The first-order valence-corrected chi connectivity index (χ1v) is 7.49. The van der Waals surface area contributed by atoms with E-state index in [1.54, 1.807) is 4.90 Å². The van der Waals surface area contributed by atoms with Crippen LogP contribution >= 0.6 is 0 Å². The predicted octanol–water partition coefficient (Wildman–Crippen LogP) is 1.74. The largest absolute Gasteiger partial charge is 0.493 e. The van der Waals surface area contributed by atoms with Gasteiger partial charge in [0.25, 0.3) is 5.91 Å². The van der Waals surface area contributed by atoms with Crippen molar-refractivity contribution in [1.29, 1.82) is 0 Å². The van der Waals surface area contributed by atoms with Gasteiger partial charge in [-0.1, -0.05) is 11.3 Å². The van der Waals surface area contributed by atoms with Gasteiger partial charge < -0.3 is 14.6 Å². The summed E-state index contributed by atoms with van der Waals surface area (Å²) in [6, 6.07) is 7.53. The van der Waals surface area contributed by atoms with Gasteiger partial charge in [0.15, 0.2) is 5.82 Å². The molecule has 120 valence electrons. The molecule has 0 bridgehead atoms. The quantitative estimate of drug-likeness (QED) is 0.722. The lowest BCUT2D eigenvalue weighted by atomic mass is 10.2. The maximum atomic E-state index is 12.7. The number of hydrogen-bond acceptors (Lipinski definition) is 5. The number of H-pyrrole nitrogens is 2. The number of hydrogen-bond donors (Lipinski definition) is 2. The summed E-state index contributed by atoms with van der Waals surface area (Å²) in [7, 11) is 0. The summed E-state index contributed by atoms with van der Waals surface area (Å²) in [5, 5.41) is 14.6. The fraction of sp³-hybridized carbons (Fsp3) is 0.333. The lowest BCUT2D eigenvalue weighted by Crippen LogP contribution is -2.31. The number of benzene rings is 1. The highest BCUT2D eigenvalue weighted by atomic mass is 16.5. The van der Waals surface area contributed by atoms with E-state index in [4.69, 9.17) is 4.74 Å². The molecule has 0 spiro atoms. The van der Waals surface area contributed by atoms with Crippen molar-refractivity contribution < 1.29 is 9.53 Å². The van der Waals surface area contributed by atoms with Gasteiger partial charge in [0.2, 0.25) is 0 Å². The summed E-state index contributed by atoms with van der Waals surface area (Å²) < 4.78 is 5.61. The van der Waals surface area contributed by atoms with Crippen LogP contribution in [-0.4, -0.2) is 49.6 Å². The highest BCUT2D eigenvalue weighted by Gasteiger charge is 2.19. The highest BCUT2D eigenvalue weighted by molar-refractivity contribution is 5.99. The molecule has 23 heavy (non-hydrogen) atoms. The number of ether oxygens (including phenoxy) is 1. The number of aromatic amines is 2. The molecule has 2 heterocycles. The van der Waals surface area contributed by atoms with E-state index in [0.717, 1.165) is 16.7 Å². The third-order valence-electron chi connectivity index (χ3n) is 3.54. The third kappa shape index (κ3) is 3.01. The Morgan fingerprint density at radius 3 is 2.91 bits per heavy atom. The molecule has 0 aliphatic rings. The molecule has 3 aromatic rings. The number of nitrogens with zero attached hydrogens (tertiary/aromatic N) is 4. The number of amides is 1. The van der Waals surface area contributed by atoms with Crippen LogP contribution in [0.4, 0.5) is 0 Å². The number of carbonyl (C=O) groups excluding carboxylic acids is 1. The van der Waals surface area contributed by atoms with Crippen LogP contribution in [0.25, 0.3) is 10.9 Å². The van der Waals surface area contributed by atoms with Crippen molar-refractivity contribution in [1.82, 2.24) is 30.5 Å². The monoisotopic (exact) mass is 314 g/mol. The van der Waals surface area contributed by atoms with Crippen LogP contribution in [0.1, 0.15) is 30.2 Å². The number of carbonyl (C=O) groups is 1. The maximum Gasteiger partial charge on any atom is 0.270 e. The summed E-state index contributed by atoms with van der Waals surface area (Å²) in [5.74, 6) is 1.13. The topological polar surface area (TPSA) is 99.8 Å². The maximum absolute atomic E-state index is 12.7. The summed E-state index contributed by atoms with van der Waals surface area (Å²) in [6.45, 7) is 5.26. The molecule has 0 unspecified atom stereocenters. The van der Waals surface area contributed by atoms with E-state index in [9.17, 15) is 4.79 Å². The Kier molecular flexibility index (Phi) is 4.22. The second kappa shape index (κ2) is 6.47. The smallest absolute Gasteiger partial charge is 0.270 e. The fourth-order valence-electron chi connectivity index (χ4n) is 2.44. The Labute approximate surface area is 132 Å². The summed E-state index contributed by atoms with van der Waals surface area (Å²) >= 11 is 0. The van der Waals surface area contributed by atoms with Crippen LogP contribution < -0.4 is 4.74 Å². The normalized spacial score (nSPS) is 10.9. The first-order valence-electron chi connectivity index (χ1n) is 7.49. The SMILES string of the molecule is CCOc1cccc2[nH]c(C(=O)N(CC)Cc3nn[nH]n3)cc12. The average molecular weight is 314 g/mol. The Hall–Kier alpha value is -2.90. The van der Waals surface area contributed by atoms with Crippen LogP contribution in [0.2, 0.25) is 0 Å². The molecule has 0 saturated carbocycles. The average Bonchev–Trinajstić information content (AvgIpc) is 3.22. The van der Waals surface area contributed by atoms with E-state index in [2.05, 4.69) is 25.6 Å². The van der Waals surface area contributed by atoms with Crippen molar-refractivity contribution >= 4 is 16.8 Å². The zero-order chi connectivity index (χ0) is 16.2. The highest BCUT2D eigenvalue weighted by Crippen LogP contribution is 2.27. The molecule has 1 amide bonds. The lowest BCUT2D eigenvalue weighted by Gasteiger charge is -2.17. The molecule has 8 heteroatoms. The van der Waals surface area contributed by atoms with E-state index in [1.807, 2.05) is 38.1 Å². The van der Waals surface area contributed by atoms with Gasteiger partial charge in [-0.15, -0.1) is 10.2 Å². The Morgan fingerprint density at radius 1 is 1.35 bits per heavy atom. The number of fused-ring (bicyclic) bond motifs is 1. The van der Waals surface area contributed by atoms with Crippen molar-refractivity contribution in [2.75, 3.05) is 13.2 Å². The minimum Gasteiger partial charge on any atom is -0.493 e. The molecule has 0 radical (unpaired) electrons. The molecule has 0 aliphatic carbocycles. The van der Waals surface area contributed by atoms with Gasteiger partial charge in [0.1, 0.15) is 11.4 Å². The Morgan fingerprint density at radius 2 is 2.22 bits per heavy atom. The predicted molar refractivity (Wildman–Crippen MR) is 84.1 cm³/mol. The van der Waals surface area contributed by atoms with Gasteiger partial charge >= 0.3 is 0 Å². The molecular formula is C15H18N6O2. The number of aromatic nitrogens is 5. The van der Waals surface area contributed by atoms with Gasteiger partial charge in [-0.3, -0.25) is 4.79 Å². The molecule has 0 fully saturated rings. The standard InChI is InChI=1S/C15H18N6O2/c1-3-21(9-14-17-19-20-18-14)15(22)12-8-10-11(16-12)6-5-7-13(10)23-4-2/h5-8,16H,3-4,9H2,1-2H3,(H,17,18,19,20). The molecule has 0 atom stereocenters. The molecule has 2 N–H and O–H groups in total. The Balaban J connectivity index is 1.89. The van der Waals surface area contributed by atoms with Gasteiger partial charge in [-0.2, -0.15) is 5.21 Å². The number of nitrogens with one attached hydrogen (secondary N) is 2. The zero-order valence-corrected chi connectivity index (χ0v) is 13.0. The van der Waals surface area contributed by atoms with Gasteiger partial charge in [-0.25, -0.2) is 0 Å². The van der Waals surface area contributed by atoms with Gasteiger partial charge in [0, 0.05) is 17.4 Å². The molecule has 3 rings (SSSR count). The summed E-state index contributed by atoms with van der Waals surface area (Å²) in [4.78, 5) is 17.5. The first-order chi connectivity index (χ1) is 11.2. The summed E-state index contributed by atoms with van der Waals surface area (Å²) in [5.41, 5.74) is 1.38. The van der Waals surface area contributed by atoms with Crippen LogP contribution in [0, 0.1) is 0 Å². The summed E-state index contributed by atoms with van der Waals surface area (Å²) in [6.07, 6.45) is 0. The zero-order valence-electron chi connectivity index (χ0n) is 13.0. The molecule has 8 nitrogen and oxygen atoms in total. The van der Waals surface area contributed by atoms with E-state index in [-0.39, 0.29) is 5.91 Å². The minimum absolute atomic E-state index is 0.115. The molecule has 1 aromatic carbocycles. The van der Waals surface area contributed by atoms with Crippen molar-refractivity contribution in [2.45, 2.75) is 20.4 Å². The van der Waals surface area contributed by atoms with E-state index >= 15 is 0 Å². The van der Waals surface area contributed by atoms with Gasteiger partial charge in [-0.05, 0) is 32.0 Å².